The number of likely N-dealkylation sites (N-methyl/N-ethyl adjacent to an activating group) is 1. The number of amides is 1. The molecule has 1 amide bonds. The molecular formula is C14H14N2O3. The normalized spacial score (nSPS) is 11.3. The number of carbonyl (C=O) groups excluding carboxylic acids is 1. The number of rotatable bonds is 3. The van der Waals surface area contributed by atoms with Crippen molar-refractivity contribution in [3.05, 3.63) is 41.0 Å². The Kier molecular flexibility index (Phi) is 4.43. The number of hydrogen-bond donors (Lipinski definition) is 1. The maximum Gasteiger partial charge on any atom is 0.331 e. The van der Waals surface area contributed by atoms with Crippen molar-refractivity contribution in [2.75, 3.05) is 11.9 Å². The summed E-state index contributed by atoms with van der Waals surface area (Å²) in [4.78, 5) is 24.3. The van der Waals surface area contributed by atoms with E-state index in [4.69, 9.17) is 10.4 Å². The van der Waals surface area contributed by atoms with Crippen LogP contribution in [-0.2, 0) is 9.59 Å². The van der Waals surface area contributed by atoms with Crippen molar-refractivity contribution in [2.45, 2.75) is 13.8 Å². The molecule has 19 heavy (non-hydrogen) atoms. The summed E-state index contributed by atoms with van der Waals surface area (Å²) in [5.74, 6) is -1.57. The van der Waals surface area contributed by atoms with Gasteiger partial charge in [0.15, 0.2) is 0 Å². The molecule has 0 spiro atoms. The molecular weight excluding hydrogens is 244 g/mol. The second-order valence-corrected chi connectivity index (χ2v) is 4.05. The topological polar surface area (TPSA) is 81.4 Å². The number of aliphatic carboxylic acids is 1. The fourth-order valence-electron chi connectivity index (χ4n) is 1.54. The lowest BCUT2D eigenvalue weighted by molar-refractivity contribution is -0.133. The minimum Gasteiger partial charge on any atom is -0.478 e. The van der Waals surface area contributed by atoms with Crippen molar-refractivity contribution in [3.8, 4) is 6.07 Å². The molecule has 0 saturated heterocycles. The van der Waals surface area contributed by atoms with E-state index < -0.39 is 11.9 Å². The number of para-hydroxylation sites is 1. The first kappa shape index (κ1) is 14.5. The fraction of sp³-hybridized carbons (Fsp3) is 0.214. The Labute approximate surface area is 111 Å². The molecule has 1 N–H and O–H groups in total. The van der Waals surface area contributed by atoms with Gasteiger partial charge >= 0.3 is 5.97 Å². The molecule has 0 aliphatic heterocycles. The van der Waals surface area contributed by atoms with Gasteiger partial charge in [-0.1, -0.05) is 12.1 Å². The van der Waals surface area contributed by atoms with E-state index in [0.29, 0.717) is 11.3 Å². The largest absolute Gasteiger partial charge is 0.478 e. The standard InChI is InChI=1S/C14H14N2O3/c1-9(10(2)14(18)19)13(17)16(3)12-7-5-4-6-11(12)8-15/h4-7H,1-3H3,(H,18,19). The number of nitrogens with zero attached hydrogens (tertiary/aromatic N) is 2. The van der Waals surface area contributed by atoms with Crippen LogP contribution >= 0.6 is 0 Å². The highest BCUT2D eigenvalue weighted by Gasteiger charge is 2.19. The van der Waals surface area contributed by atoms with E-state index in [1.807, 2.05) is 6.07 Å². The van der Waals surface area contributed by atoms with E-state index in [2.05, 4.69) is 0 Å². The van der Waals surface area contributed by atoms with Crippen LogP contribution in [0.2, 0.25) is 0 Å². The van der Waals surface area contributed by atoms with Crippen LogP contribution < -0.4 is 4.90 Å². The quantitative estimate of drug-likeness (QED) is 0.840. The molecule has 0 saturated carbocycles. The number of carboxylic acids is 1. The number of hydrogen-bond acceptors (Lipinski definition) is 3. The molecule has 5 nitrogen and oxygen atoms in total. The third-order valence-corrected chi connectivity index (χ3v) is 2.89. The zero-order valence-electron chi connectivity index (χ0n) is 11.0. The summed E-state index contributed by atoms with van der Waals surface area (Å²) in [6.07, 6.45) is 0. The van der Waals surface area contributed by atoms with Gasteiger partial charge in [-0.15, -0.1) is 0 Å². The molecule has 0 atom stereocenters. The number of carbonyl (C=O) groups is 2. The minimum atomic E-state index is -1.13. The van der Waals surface area contributed by atoms with Gasteiger partial charge in [-0.25, -0.2) is 4.79 Å². The van der Waals surface area contributed by atoms with Gasteiger partial charge in [-0.3, -0.25) is 4.79 Å². The first-order valence-electron chi connectivity index (χ1n) is 5.58. The van der Waals surface area contributed by atoms with Crippen LogP contribution in [0.3, 0.4) is 0 Å². The number of carboxylic acid groups (broad SMARTS) is 1. The predicted octanol–water partition coefficient (Wildman–Crippen LogP) is 1.94. The molecule has 0 aromatic heterocycles. The summed E-state index contributed by atoms with van der Waals surface area (Å²) in [6, 6.07) is 8.65. The lowest BCUT2D eigenvalue weighted by Gasteiger charge is -2.19. The molecule has 0 aliphatic rings. The van der Waals surface area contributed by atoms with Crippen molar-refractivity contribution < 1.29 is 14.7 Å². The average molecular weight is 258 g/mol. The van der Waals surface area contributed by atoms with E-state index in [9.17, 15) is 9.59 Å². The second kappa shape index (κ2) is 5.83. The van der Waals surface area contributed by atoms with Crippen molar-refractivity contribution >= 4 is 17.6 Å². The summed E-state index contributed by atoms with van der Waals surface area (Å²) < 4.78 is 0. The van der Waals surface area contributed by atoms with E-state index in [-0.39, 0.29) is 11.1 Å². The molecule has 98 valence electrons. The molecule has 0 aliphatic carbocycles. The van der Waals surface area contributed by atoms with Gasteiger partial charge in [-0.05, 0) is 26.0 Å². The van der Waals surface area contributed by atoms with Gasteiger partial charge in [0.2, 0.25) is 0 Å². The third-order valence-electron chi connectivity index (χ3n) is 2.89. The highest BCUT2D eigenvalue weighted by molar-refractivity contribution is 6.09. The SMILES string of the molecule is CC(C(=O)O)=C(C)C(=O)N(C)c1ccccc1C#N. The fourth-order valence-corrected chi connectivity index (χ4v) is 1.54. The smallest absolute Gasteiger partial charge is 0.331 e. The first-order valence-corrected chi connectivity index (χ1v) is 5.58. The van der Waals surface area contributed by atoms with Crippen LogP contribution in [0.15, 0.2) is 35.4 Å². The van der Waals surface area contributed by atoms with Gasteiger partial charge in [0, 0.05) is 18.2 Å². The molecule has 1 aromatic rings. The highest BCUT2D eigenvalue weighted by atomic mass is 16.4. The van der Waals surface area contributed by atoms with Crippen LogP contribution in [0.5, 0.6) is 0 Å². The summed E-state index contributed by atoms with van der Waals surface area (Å²) in [7, 11) is 1.51. The Morgan fingerprint density at radius 3 is 2.32 bits per heavy atom. The highest BCUT2D eigenvalue weighted by Crippen LogP contribution is 2.20. The lowest BCUT2D eigenvalue weighted by atomic mass is 10.1. The van der Waals surface area contributed by atoms with E-state index in [1.54, 1.807) is 24.3 Å². The molecule has 0 bridgehead atoms. The third kappa shape index (κ3) is 2.99. The van der Waals surface area contributed by atoms with Crippen LogP contribution in [0.4, 0.5) is 5.69 Å². The zero-order chi connectivity index (χ0) is 14.6. The van der Waals surface area contributed by atoms with Gasteiger partial charge in [0.05, 0.1) is 11.3 Å². The van der Waals surface area contributed by atoms with E-state index in [1.165, 1.54) is 25.8 Å². The summed E-state index contributed by atoms with van der Waals surface area (Å²) >= 11 is 0. The molecule has 0 heterocycles. The molecule has 0 radical (unpaired) electrons. The van der Waals surface area contributed by atoms with Crippen LogP contribution in [0.25, 0.3) is 0 Å². The minimum absolute atomic E-state index is 0.00807. The Morgan fingerprint density at radius 2 is 1.79 bits per heavy atom. The van der Waals surface area contributed by atoms with Crippen molar-refractivity contribution in [1.29, 1.82) is 5.26 Å². The average Bonchev–Trinajstić information content (AvgIpc) is 2.43. The monoisotopic (exact) mass is 258 g/mol. The molecule has 1 rings (SSSR count). The lowest BCUT2D eigenvalue weighted by Crippen LogP contribution is -2.28. The number of benzene rings is 1. The van der Waals surface area contributed by atoms with Crippen LogP contribution in [0, 0.1) is 11.3 Å². The molecule has 0 fully saturated rings. The van der Waals surface area contributed by atoms with Gasteiger partial charge in [0.1, 0.15) is 6.07 Å². The van der Waals surface area contributed by atoms with Crippen LogP contribution in [0.1, 0.15) is 19.4 Å². The Balaban J connectivity index is 3.18. The van der Waals surface area contributed by atoms with E-state index in [0.717, 1.165) is 0 Å². The van der Waals surface area contributed by atoms with Crippen molar-refractivity contribution in [3.63, 3.8) is 0 Å². The molecule has 0 unspecified atom stereocenters. The summed E-state index contributed by atoms with van der Waals surface area (Å²) in [5.41, 5.74) is 0.945. The Morgan fingerprint density at radius 1 is 1.21 bits per heavy atom. The molecule has 1 aromatic carbocycles. The van der Waals surface area contributed by atoms with Gasteiger partial charge in [-0.2, -0.15) is 5.26 Å². The Hall–Kier alpha value is -2.61. The maximum atomic E-state index is 12.2. The number of nitriles is 1. The van der Waals surface area contributed by atoms with Gasteiger partial charge in [0.25, 0.3) is 5.91 Å². The number of anilines is 1. The first-order chi connectivity index (χ1) is 8.90. The maximum absolute atomic E-state index is 12.2. The zero-order valence-corrected chi connectivity index (χ0v) is 11.0. The molecule has 5 heteroatoms. The van der Waals surface area contributed by atoms with Gasteiger partial charge < -0.3 is 10.0 Å². The Bertz CT molecular complexity index is 597. The van der Waals surface area contributed by atoms with Crippen molar-refractivity contribution in [1.82, 2.24) is 0 Å². The van der Waals surface area contributed by atoms with Crippen molar-refractivity contribution in [2.24, 2.45) is 0 Å². The summed E-state index contributed by atoms with van der Waals surface area (Å²) in [6.45, 7) is 2.83. The van der Waals surface area contributed by atoms with Crippen LogP contribution in [-0.4, -0.2) is 24.0 Å². The second-order valence-electron chi connectivity index (χ2n) is 4.05. The van der Waals surface area contributed by atoms with E-state index >= 15 is 0 Å². The predicted molar refractivity (Wildman–Crippen MR) is 70.6 cm³/mol. The summed E-state index contributed by atoms with van der Waals surface area (Å²) in [5, 5.41) is 17.9.